The lowest BCUT2D eigenvalue weighted by atomic mass is 10.1. The molecule has 2 rings (SSSR count). The maximum absolute atomic E-state index is 11.4. The first-order valence-corrected chi connectivity index (χ1v) is 6.96. The van der Waals surface area contributed by atoms with Gasteiger partial charge in [-0.2, -0.15) is 5.10 Å². The third kappa shape index (κ3) is 3.82. The number of aromatic nitrogens is 2. The topological polar surface area (TPSA) is 98.3 Å². The first-order valence-electron chi connectivity index (χ1n) is 6.09. The van der Waals surface area contributed by atoms with Gasteiger partial charge in [0, 0.05) is 7.05 Å². The molecule has 0 aliphatic rings. The molecule has 0 aliphatic heterocycles. The Bertz CT molecular complexity index is 657. The van der Waals surface area contributed by atoms with E-state index >= 15 is 0 Å². The van der Waals surface area contributed by atoms with Crippen LogP contribution in [0.15, 0.2) is 41.6 Å². The molecule has 8 heteroatoms. The van der Waals surface area contributed by atoms with Crippen LogP contribution in [0.4, 0.5) is 5.69 Å². The van der Waals surface area contributed by atoms with Crippen molar-refractivity contribution in [3.63, 3.8) is 0 Å². The molecule has 1 atom stereocenters. The second-order valence-corrected chi connectivity index (χ2v) is 5.58. The molecule has 0 bridgehead atoms. The summed E-state index contributed by atoms with van der Waals surface area (Å²) in [5.74, 6) is -1.02. The van der Waals surface area contributed by atoms with Crippen LogP contribution in [0.5, 0.6) is 0 Å². The lowest BCUT2D eigenvalue weighted by Crippen LogP contribution is -2.19. The first-order chi connectivity index (χ1) is 9.97. The number of thioether (sulfide) groups is 1. The van der Waals surface area contributed by atoms with Gasteiger partial charge in [0.2, 0.25) is 0 Å². The Morgan fingerprint density at radius 1 is 1.48 bits per heavy atom. The van der Waals surface area contributed by atoms with E-state index in [0.29, 0.717) is 0 Å². The van der Waals surface area contributed by atoms with Crippen LogP contribution in [0.3, 0.4) is 0 Å². The predicted molar refractivity (Wildman–Crippen MR) is 77.3 cm³/mol. The van der Waals surface area contributed by atoms with Crippen molar-refractivity contribution in [2.75, 3.05) is 0 Å². The fourth-order valence-corrected chi connectivity index (χ4v) is 2.88. The van der Waals surface area contributed by atoms with E-state index in [-0.39, 0.29) is 17.1 Å². The van der Waals surface area contributed by atoms with Crippen LogP contribution >= 0.6 is 11.8 Å². The molecule has 1 N–H and O–H groups in total. The Hall–Kier alpha value is -2.35. The van der Waals surface area contributed by atoms with Gasteiger partial charge in [-0.3, -0.25) is 19.6 Å². The third-order valence-electron chi connectivity index (χ3n) is 2.77. The Labute approximate surface area is 124 Å². The number of hydrogen-bond donors (Lipinski definition) is 1. The van der Waals surface area contributed by atoms with Crippen molar-refractivity contribution >= 4 is 23.4 Å². The van der Waals surface area contributed by atoms with E-state index in [1.807, 2.05) is 30.3 Å². The van der Waals surface area contributed by atoms with Gasteiger partial charge in [0.15, 0.2) is 5.03 Å². The van der Waals surface area contributed by atoms with E-state index in [1.165, 1.54) is 10.9 Å². The molecule has 1 aromatic carbocycles. The highest BCUT2D eigenvalue weighted by atomic mass is 32.2. The number of aliphatic carboxylic acids is 1. The molecule has 0 amide bonds. The van der Waals surface area contributed by atoms with Crippen LogP contribution in [0.2, 0.25) is 0 Å². The summed E-state index contributed by atoms with van der Waals surface area (Å²) in [7, 11) is 1.56. The number of rotatable bonds is 6. The molecule has 0 fully saturated rings. The van der Waals surface area contributed by atoms with Crippen LogP contribution in [-0.2, 0) is 18.3 Å². The van der Waals surface area contributed by atoms with E-state index in [0.717, 1.165) is 17.3 Å². The number of aryl methyl sites for hydroxylation is 1. The first kappa shape index (κ1) is 15.0. The summed E-state index contributed by atoms with van der Waals surface area (Å²) in [5.41, 5.74) is 0.679. The number of benzene rings is 1. The minimum atomic E-state index is -1.02. The highest BCUT2D eigenvalue weighted by Gasteiger charge is 2.27. The van der Waals surface area contributed by atoms with Crippen molar-refractivity contribution in [2.45, 2.75) is 16.7 Å². The molecule has 0 spiro atoms. The zero-order valence-corrected chi connectivity index (χ0v) is 12.0. The summed E-state index contributed by atoms with van der Waals surface area (Å²) in [6.45, 7) is 0. The van der Waals surface area contributed by atoms with Crippen molar-refractivity contribution in [3.05, 3.63) is 52.2 Å². The quantitative estimate of drug-likeness (QED) is 0.498. The van der Waals surface area contributed by atoms with Crippen LogP contribution in [0.25, 0.3) is 0 Å². The summed E-state index contributed by atoms with van der Waals surface area (Å²) in [5, 5.41) is 23.5. The molecule has 0 saturated carbocycles. The van der Waals surface area contributed by atoms with Crippen LogP contribution in [-0.4, -0.2) is 31.0 Å². The van der Waals surface area contributed by atoms with E-state index in [4.69, 9.17) is 0 Å². The number of carbonyl (C=O) groups is 1. The van der Waals surface area contributed by atoms with E-state index in [1.54, 1.807) is 7.05 Å². The Kier molecular flexibility index (Phi) is 4.59. The van der Waals surface area contributed by atoms with Gasteiger partial charge >= 0.3 is 11.7 Å². The third-order valence-corrected chi connectivity index (χ3v) is 3.93. The summed E-state index contributed by atoms with van der Waals surface area (Å²) < 4.78 is 1.31. The Balaban J connectivity index is 2.21. The largest absolute Gasteiger partial charge is 0.480 e. The standard InChI is InChI=1S/C13H13N3O4S/c1-15-8-10(16(19)20)12(14-15)21-11(13(17)18)7-9-5-3-2-4-6-9/h2-6,8,11H,7H2,1H3,(H,17,18). The second-order valence-electron chi connectivity index (χ2n) is 4.38. The highest BCUT2D eigenvalue weighted by molar-refractivity contribution is 8.00. The average molecular weight is 307 g/mol. The van der Waals surface area contributed by atoms with E-state index in [9.17, 15) is 20.0 Å². The zero-order valence-electron chi connectivity index (χ0n) is 11.2. The van der Waals surface area contributed by atoms with Crippen molar-refractivity contribution < 1.29 is 14.8 Å². The number of hydrogen-bond acceptors (Lipinski definition) is 5. The van der Waals surface area contributed by atoms with Crippen molar-refractivity contribution in [2.24, 2.45) is 7.05 Å². The summed E-state index contributed by atoms with van der Waals surface area (Å²) >= 11 is 0.894. The van der Waals surface area contributed by atoms with Gasteiger partial charge in [-0.15, -0.1) is 0 Å². The number of nitrogens with zero attached hydrogens (tertiary/aromatic N) is 3. The minimum absolute atomic E-state index is 0.117. The molecule has 0 radical (unpaired) electrons. The number of nitro groups is 1. The monoisotopic (exact) mass is 307 g/mol. The van der Waals surface area contributed by atoms with Gasteiger partial charge in [0.05, 0.1) is 4.92 Å². The van der Waals surface area contributed by atoms with Gasteiger partial charge in [-0.1, -0.05) is 42.1 Å². The molecule has 7 nitrogen and oxygen atoms in total. The fraction of sp³-hybridized carbons (Fsp3) is 0.231. The predicted octanol–water partition coefficient (Wildman–Crippen LogP) is 2.12. The molecule has 0 aliphatic carbocycles. The second kappa shape index (κ2) is 6.40. The fourth-order valence-electron chi connectivity index (χ4n) is 1.81. The Morgan fingerprint density at radius 3 is 2.71 bits per heavy atom. The van der Waals surface area contributed by atoms with Crippen molar-refractivity contribution in [3.8, 4) is 0 Å². The molecule has 0 saturated heterocycles. The van der Waals surface area contributed by atoms with Gasteiger partial charge in [-0.05, 0) is 12.0 Å². The lowest BCUT2D eigenvalue weighted by molar-refractivity contribution is -0.387. The lowest BCUT2D eigenvalue weighted by Gasteiger charge is -2.10. The normalized spacial score (nSPS) is 12.0. The van der Waals surface area contributed by atoms with Crippen molar-refractivity contribution in [1.29, 1.82) is 0 Å². The van der Waals surface area contributed by atoms with Crippen molar-refractivity contribution in [1.82, 2.24) is 9.78 Å². The maximum Gasteiger partial charge on any atom is 0.320 e. The van der Waals surface area contributed by atoms with E-state index < -0.39 is 16.1 Å². The van der Waals surface area contributed by atoms with Gasteiger partial charge in [-0.25, -0.2) is 0 Å². The molecule has 2 aromatic rings. The smallest absolute Gasteiger partial charge is 0.320 e. The molecule has 21 heavy (non-hydrogen) atoms. The molecule has 1 heterocycles. The SMILES string of the molecule is Cn1cc([N+](=O)[O-])c(SC(Cc2ccccc2)C(=O)O)n1. The molecular formula is C13H13N3O4S. The van der Waals surface area contributed by atoms with E-state index in [2.05, 4.69) is 5.10 Å². The van der Waals surface area contributed by atoms with Gasteiger partial charge in [0.25, 0.3) is 0 Å². The van der Waals surface area contributed by atoms with Crippen LogP contribution < -0.4 is 0 Å². The summed E-state index contributed by atoms with van der Waals surface area (Å²) in [6, 6.07) is 9.13. The maximum atomic E-state index is 11.4. The molecule has 110 valence electrons. The van der Waals surface area contributed by atoms with Gasteiger partial charge in [0.1, 0.15) is 11.4 Å². The summed E-state index contributed by atoms with van der Waals surface area (Å²) in [6.07, 6.45) is 1.54. The van der Waals surface area contributed by atoms with Gasteiger partial charge < -0.3 is 5.11 Å². The number of carboxylic acid groups (broad SMARTS) is 1. The Morgan fingerprint density at radius 2 is 2.14 bits per heavy atom. The van der Waals surface area contributed by atoms with Crippen LogP contribution in [0.1, 0.15) is 5.56 Å². The molecular weight excluding hydrogens is 294 g/mol. The molecule has 1 aromatic heterocycles. The summed E-state index contributed by atoms with van der Waals surface area (Å²) in [4.78, 5) is 21.7. The highest BCUT2D eigenvalue weighted by Crippen LogP contribution is 2.32. The average Bonchev–Trinajstić information content (AvgIpc) is 2.80. The zero-order chi connectivity index (χ0) is 15.4. The number of carboxylic acids is 1. The van der Waals surface area contributed by atoms with Crippen LogP contribution in [0, 0.1) is 10.1 Å². The molecule has 1 unspecified atom stereocenters. The minimum Gasteiger partial charge on any atom is -0.480 e.